The van der Waals surface area contributed by atoms with E-state index in [2.05, 4.69) is 31.2 Å². The zero-order valence-electron chi connectivity index (χ0n) is 31.6. The van der Waals surface area contributed by atoms with Crippen LogP contribution in [0.4, 0.5) is 0 Å². The van der Waals surface area contributed by atoms with Crippen molar-refractivity contribution in [1.29, 1.82) is 0 Å². The first-order valence-electron chi connectivity index (χ1n) is 20.2. The van der Waals surface area contributed by atoms with Gasteiger partial charge in [0.1, 0.15) is 19.8 Å². The van der Waals surface area contributed by atoms with Gasteiger partial charge in [0.05, 0.1) is 5.92 Å². The molecule has 0 aromatic heterocycles. The van der Waals surface area contributed by atoms with E-state index < -0.39 is 0 Å². The number of carbonyl (C=O) groups is 3. The zero-order chi connectivity index (χ0) is 35.2. The van der Waals surface area contributed by atoms with Gasteiger partial charge in [-0.3, -0.25) is 14.4 Å². The summed E-state index contributed by atoms with van der Waals surface area (Å²) < 4.78 is 16.8. The summed E-state index contributed by atoms with van der Waals surface area (Å²) >= 11 is 0. The van der Waals surface area contributed by atoms with Gasteiger partial charge in [-0.15, -0.1) is 0 Å². The maximum atomic E-state index is 12.9. The Kier molecular flexibility index (Phi) is 20.3. The van der Waals surface area contributed by atoms with Crippen molar-refractivity contribution in [2.75, 3.05) is 40.5 Å². The van der Waals surface area contributed by atoms with Crippen LogP contribution in [0.1, 0.15) is 155 Å². The Morgan fingerprint density at radius 3 is 1.63 bits per heavy atom. The van der Waals surface area contributed by atoms with Crippen molar-refractivity contribution < 1.29 is 28.6 Å². The molecule has 7 heteroatoms. The number of hydrogen-bond donors (Lipinski definition) is 0. The number of ether oxygens (including phenoxy) is 3. The Bertz CT molecular complexity index is 968. The van der Waals surface area contributed by atoms with E-state index in [4.69, 9.17) is 14.2 Å². The summed E-state index contributed by atoms with van der Waals surface area (Å²) in [5.41, 5.74) is 0.340. The average Bonchev–Trinajstić information content (AvgIpc) is 3.06. The Hall–Kier alpha value is -2.15. The molecule has 0 spiro atoms. The average molecular weight is 686 g/mol. The van der Waals surface area contributed by atoms with Gasteiger partial charge in [0.2, 0.25) is 0 Å². The van der Waals surface area contributed by atoms with Gasteiger partial charge in [-0.05, 0) is 134 Å². The summed E-state index contributed by atoms with van der Waals surface area (Å²) in [6.45, 7) is 3.33. The Balaban J connectivity index is 1.27. The molecule has 4 rings (SSSR count). The molecular formula is C42H71NO6. The Morgan fingerprint density at radius 1 is 0.633 bits per heavy atom. The molecule has 4 fully saturated rings. The second-order valence-corrected chi connectivity index (χ2v) is 16.1. The lowest BCUT2D eigenvalue weighted by atomic mass is 9.48. The van der Waals surface area contributed by atoms with Crippen LogP contribution in [0.15, 0.2) is 24.3 Å². The van der Waals surface area contributed by atoms with E-state index in [0.717, 1.165) is 69.2 Å². The third kappa shape index (κ3) is 18.1. The zero-order valence-corrected chi connectivity index (χ0v) is 31.6. The largest absolute Gasteiger partial charge is 0.465 e. The van der Waals surface area contributed by atoms with Crippen LogP contribution in [0.2, 0.25) is 0 Å². The molecule has 0 aromatic rings. The minimum absolute atomic E-state index is 0.0846. The highest BCUT2D eigenvalue weighted by molar-refractivity contribution is 5.70. The predicted molar refractivity (Wildman–Crippen MR) is 198 cm³/mol. The fourth-order valence-corrected chi connectivity index (χ4v) is 8.75. The molecule has 1 atom stereocenters. The number of esters is 3. The molecule has 280 valence electrons. The molecule has 0 aromatic carbocycles. The fourth-order valence-electron chi connectivity index (χ4n) is 8.75. The highest BCUT2D eigenvalue weighted by Gasteiger charge is 2.50. The molecule has 49 heavy (non-hydrogen) atoms. The summed E-state index contributed by atoms with van der Waals surface area (Å²) in [4.78, 5) is 39.7. The molecule has 0 aliphatic heterocycles. The number of unbranched alkanes of at least 4 members (excludes halogenated alkanes) is 9. The quantitative estimate of drug-likeness (QED) is 0.0351. The molecule has 7 nitrogen and oxygen atoms in total. The van der Waals surface area contributed by atoms with Crippen LogP contribution in [0.5, 0.6) is 0 Å². The van der Waals surface area contributed by atoms with Crippen LogP contribution in [-0.4, -0.2) is 63.3 Å². The monoisotopic (exact) mass is 686 g/mol. The number of hydrogen-bond acceptors (Lipinski definition) is 7. The maximum Gasteiger partial charge on any atom is 0.305 e. The topological polar surface area (TPSA) is 82.1 Å². The molecule has 0 radical (unpaired) electrons. The first-order chi connectivity index (χ1) is 23.8. The van der Waals surface area contributed by atoms with Crippen LogP contribution >= 0.6 is 0 Å². The van der Waals surface area contributed by atoms with E-state index in [-0.39, 0.29) is 43.6 Å². The van der Waals surface area contributed by atoms with Crippen LogP contribution in [0, 0.1) is 29.1 Å². The maximum absolute atomic E-state index is 12.9. The molecule has 0 saturated heterocycles. The third-order valence-electron chi connectivity index (χ3n) is 11.0. The van der Waals surface area contributed by atoms with E-state index in [1.165, 1.54) is 83.5 Å². The number of rotatable bonds is 28. The van der Waals surface area contributed by atoms with Crippen molar-refractivity contribution in [1.82, 2.24) is 4.90 Å². The predicted octanol–water partition coefficient (Wildman–Crippen LogP) is 9.77. The van der Waals surface area contributed by atoms with Gasteiger partial charge in [0.15, 0.2) is 0 Å². The SMILES string of the molecule is CCCCC/C=C\C/C=C\CCCCCCCCC(=O)OCC(COC(=O)CCCN(C)C)COC(=O)CCC12CC3CC(CC(C3)C1)C2. The smallest absolute Gasteiger partial charge is 0.305 e. The molecule has 1 unspecified atom stereocenters. The van der Waals surface area contributed by atoms with Crippen LogP contribution in [-0.2, 0) is 28.6 Å². The molecule has 4 bridgehead atoms. The summed E-state index contributed by atoms with van der Waals surface area (Å²) in [7, 11) is 3.95. The third-order valence-corrected chi connectivity index (χ3v) is 11.0. The van der Waals surface area contributed by atoms with E-state index in [1.807, 2.05) is 19.0 Å². The van der Waals surface area contributed by atoms with Crippen molar-refractivity contribution >= 4 is 17.9 Å². The van der Waals surface area contributed by atoms with E-state index in [1.54, 1.807) is 0 Å². The van der Waals surface area contributed by atoms with Gasteiger partial charge in [0.25, 0.3) is 0 Å². The van der Waals surface area contributed by atoms with Crippen LogP contribution in [0.25, 0.3) is 0 Å². The molecule has 4 aliphatic rings. The van der Waals surface area contributed by atoms with Crippen molar-refractivity contribution in [3.05, 3.63) is 24.3 Å². The van der Waals surface area contributed by atoms with E-state index in [0.29, 0.717) is 24.7 Å². The Morgan fingerprint density at radius 2 is 1.10 bits per heavy atom. The number of nitrogens with zero attached hydrogens (tertiary/aromatic N) is 1. The Labute approximate surface area is 299 Å². The number of carbonyl (C=O) groups excluding carboxylic acids is 3. The second kappa shape index (κ2) is 24.1. The highest BCUT2D eigenvalue weighted by Crippen LogP contribution is 2.61. The minimum atomic E-state index is -0.360. The molecule has 0 N–H and O–H groups in total. The van der Waals surface area contributed by atoms with Crippen molar-refractivity contribution in [3.8, 4) is 0 Å². The highest BCUT2D eigenvalue weighted by atomic mass is 16.6. The van der Waals surface area contributed by atoms with Crippen LogP contribution < -0.4 is 0 Å². The lowest BCUT2D eigenvalue weighted by molar-refractivity contribution is -0.154. The number of allylic oxidation sites excluding steroid dienone is 4. The summed E-state index contributed by atoms with van der Waals surface area (Å²) in [5, 5.41) is 0. The van der Waals surface area contributed by atoms with E-state index >= 15 is 0 Å². The summed E-state index contributed by atoms with van der Waals surface area (Å²) in [6.07, 6.45) is 33.9. The van der Waals surface area contributed by atoms with Gasteiger partial charge >= 0.3 is 17.9 Å². The second-order valence-electron chi connectivity index (χ2n) is 16.1. The van der Waals surface area contributed by atoms with Gasteiger partial charge < -0.3 is 19.1 Å². The molecular weight excluding hydrogens is 614 g/mol. The van der Waals surface area contributed by atoms with Gasteiger partial charge in [-0.25, -0.2) is 0 Å². The first-order valence-corrected chi connectivity index (χ1v) is 20.2. The molecule has 4 saturated carbocycles. The standard InChI is InChI=1S/C42H71NO6/c1-4-5-6-7-8-9-10-11-12-13-14-15-16-17-18-19-21-39(44)47-32-38(33-48-40(45)22-20-25-43(2)3)34-49-41(46)23-24-42-29-35-26-36(30-42)28-37(27-35)31-42/h8-9,11-12,35-38H,4-7,10,13-34H2,1-3H3/b9-8-,12-11-. The van der Waals surface area contributed by atoms with Crippen molar-refractivity contribution in [3.63, 3.8) is 0 Å². The van der Waals surface area contributed by atoms with E-state index in [9.17, 15) is 14.4 Å². The fraction of sp³-hybridized carbons (Fsp3) is 0.833. The summed E-state index contributed by atoms with van der Waals surface area (Å²) in [5.74, 6) is 1.54. The minimum Gasteiger partial charge on any atom is -0.465 e. The lowest BCUT2D eigenvalue weighted by Gasteiger charge is -2.57. The molecule has 0 amide bonds. The molecule has 0 heterocycles. The van der Waals surface area contributed by atoms with Crippen LogP contribution in [0.3, 0.4) is 0 Å². The normalized spacial score (nSPS) is 23.5. The summed E-state index contributed by atoms with van der Waals surface area (Å²) in [6, 6.07) is 0. The van der Waals surface area contributed by atoms with Gasteiger partial charge in [-0.2, -0.15) is 0 Å². The van der Waals surface area contributed by atoms with Gasteiger partial charge in [0, 0.05) is 19.3 Å². The van der Waals surface area contributed by atoms with Crippen molar-refractivity contribution in [2.24, 2.45) is 29.1 Å². The van der Waals surface area contributed by atoms with Crippen molar-refractivity contribution in [2.45, 2.75) is 155 Å². The van der Waals surface area contributed by atoms with Gasteiger partial charge in [-0.1, -0.05) is 69.8 Å². The first kappa shape index (κ1) is 41.3. The molecule has 4 aliphatic carbocycles. The lowest BCUT2D eigenvalue weighted by Crippen LogP contribution is -2.46.